The van der Waals surface area contributed by atoms with Crippen LogP contribution in [-0.4, -0.2) is 46.3 Å². The van der Waals surface area contributed by atoms with Crippen LogP contribution in [0.3, 0.4) is 0 Å². The summed E-state index contributed by atoms with van der Waals surface area (Å²) in [5, 5.41) is 7.48. The predicted octanol–water partition coefficient (Wildman–Crippen LogP) is -0.146. The maximum absolute atomic E-state index is 12.1. The number of carbonyl (C=O) groups excluding carboxylic acids is 1. The van der Waals surface area contributed by atoms with Gasteiger partial charge < -0.3 is 10.2 Å². The normalized spacial score (nSPS) is 28.4. The largest absolute Gasteiger partial charge is 0.337 e. The van der Waals surface area contributed by atoms with Crippen LogP contribution in [0.5, 0.6) is 0 Å². The molecule has 2 aliphatic heterocycles. The average Bonchev–Trinajstić information content (AvgIpc) is 2.89. The molecule has 3 heterocycles. The fraction of sp³-hybridized carbons (Fsp3) is 0.636. The standard InChI is InChI=1S/C11H16N4O/c1-14-5-9(4-13-14)11(16)15-6-8-2-3-12-10(8)7-15/h4-5,8,10,12H,2-3,6-7H2,1H3/t8-,10+/m1/s1. The molecule has 5 nitrogen and oxygen atoms in total. The molecule has 0 bridgehead atoms. The number of aromatic nitrogens is 2. The van der Waals surface area contributed by atoms with E-state index in [1.807, 2.05) is 11.9 Å². The number of nitrogens with zero attached hydrogens (tertiary/aromatic N) is 3. The van der Waals surface area contributed by atoms with Crippen molar-refractivity contribution >= 4 is 5.91 Å². The fourth-order valence-electron chi connectivity index (χ4n) is 2.73. The summed E-state index contributed by atoms with van der Waals surface area (Å²) in [6.45, 7) is 2.84. The Labute approximate surface area is 94.4 Å². The van der Waals surface area contributed by atoms with Gasteiger partial charge in [-0.3, -0.25) is 9.48 Å². The Bertz CT molecular complexity index is 402. The molecule has 2 saturated heterocycles. The lowest BCUT2D eigenvalue weighted by Crippen LogP contribution is -2.33. The van der Waals surface area contributed by atoms with Gasteiger partial charge in [0.1, 0.15) is 0 Å². The van der Waals surface area contributed by atoms with Gasteiger partial charge in [0.15, 0.2) is 0 Å². The topological polar surface area (TPSA) is 50.2 Å². The Morgan fingerprint density at radius 1 is 1.56 bits per heavy atom. The van der Waals surface area contributed by atoms with E-state index < -0.39 is 0 Å². The van der Waals surface area contributed by atoms with Crippen molar-refractivity contribution in [2.24, 2.45) is 13.0 Å². The summed E-state index contributed by atoms with van der Waals surface area (Å²) in [5.41, 5.74) is 0.697. The number of amides is 1. The number of carbonyl (C=O) groups is 1. The zero-order valence-electron chi connectivity index (χ0n) is 9.39. The van der Waals surface area contributed by atoms with Gasteiger partial charge >= 0.3 is 0 Å². The molecule has 5 heteroatoms. The third kappa shape index (κ3) is 1.51. The van der Waals surface area contributed by atoms with E-state index in [9.17, 15) is 4.79 Å². The third-order valence-corrected chi connectivity index (χ3v) is 3.60. The van der Waals surface area contributed by atoms with Gasteiger partial charge in [-0.15, -0.1) is 0 Å². The SMILES string of the molecule is Cn1cc(C(=O)N2C[C@H]3CCN[C@H]3C2)cn1. The molecule has 0 aliphatic carbocycles. The molecule has 1 N–H and O–H groups in total. The highest BCUT2D eigenvalue weighted by Crippen LogP contribution is 2.25. The van der Waals surface area contributed by atoms with E-state index in [2.05, 4.69) is 10.4 Å². The number of rotatable bonds is 1. The molecule has 2 aliphatic rings. The molecule has 0 radical (unpaired) electrons. The summed E-state index contributed by atoms with van der Waals surface area (Å²) in [5.74, 6) is 0.768. The van der Waals surface area contributed by atoms with Crippen LogP contribution in [0.4, 0.5) is 0 Å². The second kappa shape index (κ2) is 3.59. The van der Waals surface area contributed by atoms with Gasteiger partial charge in [-0.2, -0.15) is 5.10 Å². The number of hydrogen-bond acceptors (Lipinski definition) is 3. The van der Waals surface area contributed by atoms with Crippen molar-refractivity contribution < 1.29 is 4.79 Å². The first kappa shape index (κ1) is 9.84. The molecule has 0 unspecified atom stereocenters. The van der Waals surface area contributed by atoms with Crippen LogP contribution < -0.4 is 5.32 Å². The summed E-state index contributed by atoms with van der Waals surface area (Å²) in [7, 11) is 1.83. The van der Waals surface area contributed by atoms with Crippen LogP contribution in [0.2, 0.25) is 0 Å². The Hall–Kier alpha value is -1.36. The first-order valence-corrected chi connectivity index (χ1v) is 5.75. The van der Waals surface area contributed by atoms with E-state index in [4.69, 9.17) is 0 Å². The molecule has 2 fully saturated rings. The zero-order chi connectivity index (χ0) is 11.1. The van der Waals surface area contributed by atoms with Crippen molar-refractivity contribution in [3.05, 3.63) is 18.0 Å². The van der Waals surface area contributed by atoms with Crippen molar-refractivity contribution in [1.82, 2.24) is 20.0 Å². The number of nitrogens with one attached hydrogen (secondary N) is 1. The van der Waals surface area contributed by atoms with Crippen LogP contribution >= 0.6 is 0 Å². The fourth-order valence-corrected chi connectivity index (χ4v) is 2.73. The first-order valence-electron chi connectivity index (χ1n) is 5.75. The van der Waals surface area contributed by atoms with Crippen LogP contribution in [0.25, 0.3) is 0 Å². The minimum Gasteiger partial charge on any atom is -0.337 e. The number of hydrogen-bond donors (Lipinski definition) is 1. The lowest BCUT2D eigenvalue weighted by atomic mass is 10.1. The highest BCUT2D eigenvalue weighted by atomic mass is 16.2. The molecule has 3 rings (SSSR count). The molecule has 0 spiro atoms. The summed E-state index contributed by atoms with van der Waals surface area (Å²) in [4.78, 5) is 14.1. The van der Waals surface area contributed by atoms with E-state index in [-0.39, 0.29) is 5.91 Å². The number of fused-ring (bicyclic) bond motifs is 1. The highest BCUT2D eigenvalue weighted by Gasteiger charge is 2.38. The van der Waals surface area contributed by atoms with E-state index in [1.165, 1.54) is 6.42 Å². The van der Waals surface area contributed by atoms with Gasteiger partial charge in [-0.25, -0.2) is 0 Å². The molecule has 1 amide bonds. The van der Waals surface area contributed by atoms with Crippen molar-refractivity contribution in [3.8, 4) is 0 Å². The van der Waals surface area contributed by atoms with Gasteiger partial charge in [0.2, 0.25) is 0 Å². The van der Waals surface area contributed by atoms with Gasteiger partial charge in [-0.1, -0.05) is 0 Å². The molecule has 86 valence electrons. The summed E-state index contributed by atoms with van der Waals surface area (Å²) >= 11 is 0. The average molecular weight is 220 g/mol. The molecular formula is C11H16N4O. The third-order valence-electron chi connectivity index (χ3n) is 3.60. The van der Waals surface area contributed by atoms with Gasteiger partial charge in [-0.05, 0) is 18.9 Å². The molecular weight excluding hydrogens is 204 g/mol. The predicted molar refractivity (Wildman–Crippen MR) is 59.0 cm³/mol. The van der Waals surface area contributed by atoms with Crippen LogP contribution in [0.1, 0.15) is 16.8 Å². The summed E-state index contributed by atoms with van der Waals surface area (Å²) in [6, 6.07) is 0.514. The quantitative estimate of drug-likeness (QED) is 0.716. The van der Waals surface area contributed by atoms with Crippen molar-refractivity contribution in [1.29, 1.82) is 0 Å². The Kier molecular flexibility index (Phi) is 2.21. The summed E-state index contributed by atoms with van der Waals surface area (Å²) in [6.07, 6.45) is 4.62. The molecule has 16 heavy (non-hydrogen) atoms. The second-order valence-electron chi connectivity index (χ2n) is 4.72. The molecule has 2 atom stereocenters. The molecule has 1 aromatic rings. The lowest BCUT2D eigenvalue weighted by Gasteiger charge is -2.16. The summed E-state index contributed by atoms with van der Waals surface area (Å²) < 4.78 is 1.67. The van der Waals surface area contributed by atoms with Crippen LogP contribution in [0, 0.1) is 5.92 Å². The van der Waals surface area contributed by atoms with Crippen LogP contribution in [-0.2, 0) is 7.05 Å². The smallest absolute Gasteiger partial charge is 0.257 e. The molecule has 0 aromatic carbocycles. The first-order chi connectivity index (χ1) is 7.74. The van der Waals surface area contributed by atoms with Gasteiger partial charge in [0, 0.05) is 32.4 Å². The van der Waals surface area contributed by atoms with E-state index >= 15 is 0 Å². The lowest BCUT2D eigenvalue weighted by molar-refractivity contribution is 0.0782. The second-order valence-corrected chi connectivity index (χ2v) is 4.72. The molecule has 1 aromatic heterocycles. The molecule has 0 saturated carbocycles. The maximum Gasteiger partial charge on any atom is 0.257 e. The van der Waals surface area contributed by atoms with E-state index in [0.29, 0.717) is 17.5 Å². The number of aryl methyl sites for hydroxylation is 1. The zero-order valence-corrected chi connectivity index (χ0v) is 9.39. The minimum absolute atomic E-state index is 0.115. The van der Waals surface area contributed by atoms with Crippen LogP contribution in [0.15, 0.2) is 12.4 Å². The minimum atomic E-state index is 0.115. The van der Waals surface area contributed by atoms with Gasteiger partial charge in [0.05, 0.1) is 11.8 Å². The highest BCUT2D eigenvalue weighted by molar-refractivity contribution is 5.94. The monoisotopic (exact) mass is 220 g/mol. The maximum atomic E-state index is 12.1. The Morgan fingerprint density at radius 3 is 3.12 bits per heavy atom. The Morgan fingerprint density at radius 2 is 2.44 bits per heavy atom. The number of likely N-dealkylation sites (tertiary alicyclic amines) is 1. The van der Waals surface area contributed by atoms with Crippen molar-refractivity contribution in [2.75, 3.05) is 19.6 Å². The van der Waals surface area contributed by atoms with E-state index in [0.717, 1.165) is 19.6 Å². The van der Waals surface area contributed by atoms with Crippen molar-refractivity contribution in [2.45, 2.75) is 12.5 Å². The van der Waals surface area contributed by atoms with E-state index in [1.54, 1.807) is 17.1 Å². The Balaban J connectivity index is 1.73. The van der Waals surface area contributed by atoms with Crippen molar-refractivity contribution in [3.63, 3.8) is 0 Å². The van der Waals surface area contributed by atoms with Gasteiger partial charge in [0.25, 0.3) is 5.91 Å².